The number of benzene rings is 1. The minimum absolute atomic E-state index is 0. The van der Waals surface area contributed by atoms with Crippen LogP contribution >= 0.6 is 0 Å². The second-order valence-corrected chi connectivity index (χ2v) is 2.68. The highest BCUT2D eigenvalue weighted by molar-refractivity contribution is 5.50. The van der Waals surface area contributed by atoms with Crippen molar-refractivity contribution in [2.75, 3.05) is 0 Å². The molecule has 0 aliphatic heterocycles. The number of allylic oxidation sites excluding steroid dienone is 5. The van der Waals surface area contributed by atoms with Crippen molar-refractivity contribution in [3.05, 3.63) is 66.3 Å². The molecule has 2 N–H and O–H groups in total. The van der Waals surface area contributed by atoms with E-state index in [1.807, 2.05) is 55.5 Å². The first-order chi connectivity index (χ1) is 6.43. The lowest BCUT2D eigenvalue weighted by molar-refractivity contribution is 0.824. The molecule has 1 aromatic carbocycles. The Kier molecular flexibility index (Phi) is 7.10. The molecule has 0 aliphatic carbocycles. The fourth-order valence-corrected chi connectivity index (χ4v) is 0.970. The Hall–Kier alpha value is -1.60. The van der Waals surface area contributed by atoms with Crippen LogP contribution in [-0.4, -0.2) is 5.48 Å². The summed E-state index contributed by atoms with van der Waals surface area (Å²) in [4.78, 5) is 0. The van der Waals surface area contributed by atoms with Gasteiger partial charge in [0, 0.05) is 0 Å². The van der Waals surface area contributed by atoms with Gasteiger partial charge in [0.1, 0.15) is 0 Å². The molecule has 1 nitrogen and oxygen atoms in total. The van der Waals surface area contributed by atoms with E-state index in [1.54, 1.807) is 0 Å². The highest BCUT2D eigenvalue weighted by atomic mass is 16.0. The smallest absolute Gasteiger partial charge is 0.0257 e. The van der Waals surface area contributed by atoms with Gasteiger partial charge >= 0.3 is 0 Å². The fourth-order valence-electron chi connectivity index (χ4n) is 0.970. The minimum atomic E-state index is 0. The summed E-state index contributed by atoms with van der Waals surface area (Å²) >= 11 is 0. The molecule has 0 bridgehead atoms. The molecule has 0 saturated carbocycles. The van der Waals surface area contributed by atoms with Crippen molar-refractivity contribution >= 4 is 6.08 Å². The quantitative estimate of drug-likeness (QED) is 0.653. The molecule has 0 radical (unpaired) electrons. The normalized spacial score (nSPS) is 11.2. The zero-order valence-electron chi connectivity index (χ0n) is 8.35. The fraction of sp³-hybridized carbons (Fsp3) is 0.0769. The molecular formula is C13H16O. The van der Waals surface area contributed by atoms with Gasteiger partial charge in [0.15, 0.2) is 0 Å². The van der Waals surface area contributed by atoms with Gasteiger partial charge in [-0.1, -0.05) is 66.8 Å². The van der Waals surface area contributed by atoms with Crippen LogP contribution in [0.4, 0.5) is 0 Å². The van der Waals surface area contributed by atoms with Crippen molar-refractivity contribution in [3.8, 4) is 0 Å². The molecule has 0 atom stereocenters. The van der Waals surface area contributed by atoms with Crippen molar-refractivity contribution in [2.45, 2.75) is 6.92 Å². The van der Waals surface area contributed by atoms with Crippen LogP contribution in [0.25, 0.3) is 6.08 Å². The SMILES string of the molecule is CC=CC=CC=Cc1ccccc1.O. The van der Waals surface area contributed by atoms with E-state index < -0.39 is 0 Å². The third kappa shape index (κ3) is 5.12. The predicted octanol–water partition coefficient (Wildman–Crippen LogP) is 3.01. The van der Waals surface area contributed by atoms with E-state index in [0.29, 0.717) is 0 Å². The monoisotopic (exact) mass is 188 g/mol. The van der Waals surface area contributed by atoms with Crippen molar-refractivity contribution < 1.29 is 5.48 Å². The molecule has 1 rings (SSSR count). The Bertz CT molecular complexity index is 307. The van der Waals surface area contributed by atoms with Crippen molar-refractivity contribution in [1.29, 1.82) is 0 Å². The molecule has 14 heavy (non-hydrogen) atoms. The van der Waals surface area contributed by atoms with Crippen LogP contribution in [0, 0.1) is 0 Å². The average Bonchev–Trinajstić information content (AvgIpc) is 2.19. The molecule has 1 aromatic rings. The van der Waals surface area contributed by atoms with Gasteiger partial charge in [0.05, 0.1) is 0 Å². The molecule has 0 saturated heterocycles. The van der Waals surface area contributed by atoms with E-state index in [0.717, 1.165) is 0 Å². The minimum Gasteiger partial charge on any atom is -0.412 e. The Morgan fingerprint density at radius 3 is 2.14 bits per heavy atom. The largest absolute Gasteiger partial charge is 0.412 e. The molecular weight excluding hydrogens is 172 g/mol. The topological polar surface area (TPSA) is 31.5 Å². The third-order valence-corrected chi connectivity index (χ3v) is 1.61. The molecule has 74 valence electrons. The van der Waals surface area contributed by atoms with Crippen LogP contribution in [0.5, 0.6) is 0 Å². The average molecular weight is 188 g/mol. The lowest BCUT2D eigenvalue weighted by Crippen LogP contribution is -1.66. The number of rotatable bonds is 3. The maximum absolute atomic E-state index is 2.08. The van der Waals surface area contributed by atoms with Crippen molar-refractivity contribution in [1.82, 2.24) is 0 Å². The summed E-state index contributed by atoms with van der Waals surface area (Å²) in [6.07, 6.45) is 12.2. The van der Waals surface area contributed by atoms with Crippen LogP contribution in [-0.2, 0) is 0 Å². The first-order valence-electron chi connectivity index (χ1n) is 4.44. The summed E-state index contributed by atoms with van der Waals surface area (Å²) < 4.78 is 0. The van der Waals surface area contributed by atoms with Gasteiger partial charge < -0.3 is 5.48 Å². The van der Waals surface area contributed by atoms with E-state index in [1.165, 1.54) is 5.56 Å². The van der Waals surface area contributed by atoms with Gasteiger partial charge in [0.2, 0.25) is 0 Å². The summed E-state index contributed by atoms with van der Waals surface area (Å²) in [6.45, 7) is 2.01. The first-order valence-corrected chi connectivity index (χ1v) is 4.44. The third-order valence-electron chi connectivity index (χ3n) is 1.61. The van der Waals surface area contributed by atoms with Gasteiger partial charge in [-0.15, -0.1) is 0 Å². The second kappa shape index (κ2) is 8.02. The van der Waals surface area contributed by atoms with Gasteiger partial charge in [0.25, 0.3) is 0 Å². The Morgan fingerprint density at radius 1 is 0.857 bits per heavy atom. The van der Waals surface area contributed by atoms with E-state index in [-0.39, 0.29) is 5.48 Å². The van der Waals surface area contributed by atoms with Crippen LogP contribution < -0.4 is 0 Å². The molecule has 0 unspecified atom stereocenters. The van der Waals surface area contributed by atoms with E-state index >= 15 is 0 Å². The second-order valence-electron chi connectivity index (χ2n) is 2.68. The van der Waals surface area contributed by atoms with Crippen LogP contribution in [0.15, 0.2) is 60.7 Å². The van der Waals surface area contributed by atoms with Crippen molar-refractivity contribution in [3.63, 3.8) is 0 Å². The summed E-state index contributed by atoms with van der Waals surface area (Å²) in [5.41, 5.74) is 1.23. The van der Waals surface area contributed by atoms with E-state index in [2.05, 4.69) is 18.2 Å². The molecule has 0 aliphatic rings. The highest BCUT2D eigenvalue weighted by Crippen LogP contribution is 2.00. The van der Waals surface area contributed by atoms with Gasteiger partial charge in [-0.2, -0.15) is 0 Å². The van der Waals surface area contributed by atoms with Crippen LogP contribution in [0.2, 0.25) is 0 Å². The summed E-state index contributed by atoms with van der Waals surface area (Å²) in [7, 11) is 0. The number of hydrogen-bond donors (Lipinski definition) is 0. The van der Waals surface area contributed by atoms with E-state index in [4.69, 9.17) is 0 Å². The highest BCUT2D eigenvalue weighted by Gasteiger charge is 1.78. The zero-order valence-corrected chi connectivity index (χ0v) is 8.35. The molecule has 1 heteroatoms. The van der Waals surface area contributed by atoms with Gasteiger partial charge in [-0.3, -0.25) is 0 Å². The molecule has 0 aromatic heterocycles. The standard InChI is InChI=1S/C13H14.H2O/c1-2-3-4-5-7-10-13-11-8-6-9-12-13;/h2-12H,1H3;1H2. The van der Waals surface area contributed by atoms with Crippen LogP contribution in [0.1, 0.15) is 12.5 Å². The van der Waals surface area contributed by atoms with Crippen molar-refractivity contribution in [2.24, 2.45) is 0 Å². The maximum atomic E-state index is 2.08. The van der Waals surface area contributed by atoms with Gasteiger partial charge in [-0.25, -0.2) is 0 Å². The molecule has 0 amide bonds. The van der Waals surface area contributed by atoms with Crippen LogP contribution in [0.3, 0.4) is 0 Å². The predicted molar refractivity (Wildman–Crippen MR) is 63.0 cm³/mol. The molecule has 0 heterocycles. The zero-order chi connectivity index (χ0) is 9.36. The number of hydrogen-bond acceptors (Lipinski definition) is 0. The Labute approximate surface area is 85.4 Å². The lowest BCUT2D eigenvalue weighted by atomic mass is 10.2. The first kappa shape index (κ1) is 12.4. The summed E-state index contributed by atoms with van der Waals surface area (Å²) in [5.74, 6) is 0. The van der Waals surface area contributed by atoms with Gasteiger partial charge in [-0.05, 0) is 12.5 Å². The Balaban J connectivity index is 0.00000169. The summed E-state index contributed by atoms with van der Waals surface area (Å²) in [6, 6.07) is 10.3. The maximum Gasteiger partial charge on any atom is -0.0257 e. The summed E-state index contributed by atoms with van der Waals surface area (Å²) in [5, 5.41) is 0. The molecule has 0 spiro atoms. The van der Waals surface area contributed by atoms with E-state index in [9.17, 15) is 0 Å². The Morgan fingerprint density at radius 2 is 1.50 bits per heavy atom. The molecule has 0 fully saturated rings. The lowest BCUT2D eigenvalue weighted by Gasteiger charge is -1.87.